The summed E-state index contributed by atoms with van der Waals surface area (Å²) < 4.78 is 19.2. The van der Waals surface area contributed by atoms with Gasteiger partial charge in [-0.2, -0.15) is 4.99 Å². The molecule has 28 heavy (non-hydrogen) atoms. The molecule has 0 aliphatic carbocycles. The first-order chi connectivity index (χ1) is 13.6. The molecule has 1 amide bonds. The van der Waals surface area contributed by atoms with Crippen LogP contribution in [-0.2, 0) is 11.3 Å². The maximum atomic E-state index is 12.4. The third kappa shape index (κ3) is 4.61. The van der Waals surface area contributed by atoms with E-state index in [0.29, 0.717) is 29.5 Å². The van der Waals surface area contributed by atoms with Crippen molar-refractivity contribution in [2.75, 3.05) is 20.3 Å². The zero-order valence-corrected chi connectivity index (χ0v) is 16.7. The Labute approximate surface area is 167 Å². The van der Waals surface area contributed by atoms with Gasteiger partial charge in [-0.3, -0.25) is 4.79 Å². The van der Waals surface area contributed by atoms with Crippen molar-refractivity contribution in [2.24, 2.45) is 4.99 Å². The van der Waals surface area contributed by atoms with Crippen molar-refractivity contribution in [3.05, 3.63) is 59.9 Å². The molecular weight excluding hydrogens is 376 g/mol. The number of hydrogen-bond acceptors (Lipinski definition) is 5. The van der Waals surface area contributed by atoms with Gasteiger partial charge < -0.3 is 18.8 Å². The topological polar surface area (TPSA) is 62.1 Å². The van der Waals surface area contributed by atoms with Crippen LogP contribution in [0.25, 0.3) is 10.2 Å². The zero-order valence-electron chi connectivity index (χ0n) is 15.9. The molecule has 6 nitrogen and oxygen atoms in total. The number of fused-ring (bicyclic) bond motifs is 1. The minimum atomic E-state index is -0.364. The quantitative estimate of drug-likeness (QED) is 0.542. The summed E-state index contributed by atoms with van der Waals surface area (Å²) in [5.41, 5.74) is 0.980. The third-order valence-corrected chi connectivity index (χ3v) is 4.94. The van der Waals surface area contributed by atoms with E-state index in [1.165, 1.54) is 11.3 Å². The van der Waals surface area contributed by atoms with Crippen LogP contribution in [0.5, 0.6) is 17.2 Å². The molecule has 2 aromatic carbocycles. The fourth-order valence-corrected chi connectivity index (χ4v) is 3.76. The zero-order chi connectivity index (χ0) is 19.9. The Kier molecular flexibility index (Phi) is 6.49. The van der Waals surface area contributed by atoms with E-state index in [4.69, 9.17) is 14.2 Å². The third-order valence-electron chi connectivity index (χ3n) is 3.90. The molecule has 0 saturated carbocycles. The van der Waals surface area contributed by atoms with E-state index < -0.39 is 0 Å². The maximum absolute atomic E-state index is 12.4. The monoisotopic (exact) mass is 398 g/mol. The highest BCUT2D eigenvalue weighted by Crippen LogP contribution is 2.23. The maximum Gasteiger partial charge on any atom is 0.286 e. The molecule has 1 heterocycles. The Morgan fingerprint density at radius 3 is 2.71 bits per heavy atom. The van der Waals surface area contributed by atoms with Crippen molar-refractivity contribution in [3.63, 3.8) is 0 Å². The van der Waals surface area contributed by atoms with E-state index in [1.54, 1.807) is 31.4 Å². The summed E-state index contributed by atoms with van der Waals surface area (Å²) in [6.45, 7) is 6.74. The lowest BCUT2D eigenvalue weighted by Crippen LogP contribution is -2.19. The van der Waals surface area contributed by atoms with E-state index >= 15 is 0 Å². The van der Waals surface area contributed by atoms with Crippen molar-refractivity contribution < 1.29 is 19.0 Å². The normalized spacial score (nSPS) is 11.4. The van der Waals surface area contributed by atoms with Crippen LogP contribution in [-0.4, -0.2) is 30.8 Å². The van der Waals surface area contributed by atoms with Gasteiger partial charge in [-0.1, -0.05) is 23.5 Å². The van der Waals surface area contributed by atoms with Crippen molar-refractivity contribution in [2.45, 2.75) is 13.5 Å². The smallest absolute Gasteiger partial charge is 0.286 e. The van der Waals surface area contributed by atoms with E-state index in [9.17, 15) is 4.79 Å². The van der Waals surface area contributed by atoms with Crippen LogP contribution in [0, 0.1) is 0 Å². The summed E-state index contributed by atoms with van der Waals surface area (Å²) >= 11 is 1.43. The van der Waals surface area contributed by atoms with Crippen LogP contribution >= 0.6 is 11.3 Å². The second kappa shape index (κ2) is 9.23. The Hall–Kier alpha value is -3.06. The van der Waals surface area contributed by atoms with Gasteiger partial charge in [-0.15, -0.1) is 6.58 Å². The molecule has 0 spiro atoms. The number of ether oxygens (including phenoxy) is 3. The molecule has 3 aromatic rings. The van der Waals surface area contributed by atoms with Crippen LogP contribution in [0.3, 0.4) is 0 Å². The fraction of sp³-hybridized carbons (Fsp3) is 0.238. The number of benzene rings is 2. The Morgan fingerprint density at radius 2 is 1.96 bits per heavy atom. The summed E-state index contributed by atoms with van der Waals surface area (Å²) in [4.78, 5) is 17.2. The molecule has 0 N–H and O–H groups in total. The molecule has 0 fully saturated rings. The molecule has 0 radical (unpaired) electrons. The molecule has 0 saturated heterocycles. The highest BCUT2D eigenvalue weighted by molar-refractivity contribution is 7.16. The Bertz CT molecular complexity index is 1050. The first-order valence-electron chi connectivity index (χ1n) is 8.86. The number of carbonyl (C=O) groups is 1. The molecule has 1 aromatic heterocycles. The van der Waals surface area contributed by atoms with E-state index in [1.807, 2.05) is 35.8 Å². The predicted molar refractivity (Wildman–Crippen MR) is 110 cm³/mol. The lowest BCUT2D eigenvalue weighted by molar-refractivity contribution is -0.120. The molecule has 0 bridgehead atoms. The molecule has 0 aliphatic rings. The van der Waals surface area contributed by atoms with Crippen molar-refractivity contribution in [1.29, 1.82) is 0 Å². The van der Waals surface area contributed by atoms with Gasteiger partial charge in [0, 0.05) is 12.6 Å². The van der Waals surface area contributed by atoms with Gasteiger partial charge in [0.2, 0.25) is 0 Å². The van der Waals surface area contributed by atoms with Gasteiger partial charge in [-0.25, -0.2) is 0 Å². The highest BCUT2D eigenvalue weighted by Gasteiger charge is 2.09. The van der Waals surface area contributed by atoms with Crippen LogP contribution in [0.1, 0.15) is 6.92 Å². The van der Waals surface area contributed by atoms with Crippen LogP contribution in [0.2, 0.25) is 0 Å². The van der Waals surface area contributed by atoms with E-state index in [0.717, 1.165) is 16.0 Å². The molecule has 3 rings (SSSR count). The van der Waals surface area contributed by atoms with Crippen molar-refractivity contribution in [3.8, 4) is 17.2 Å². The molecule has 0 unspecified atom stereocenters. The number of aromatic nitrogens is 1. The number of methoxy groups -OCH3 is 1. The van der Waals surface area contributed by atoms with Gasteiger partial charge in [0.25, 0.3) is 5.91 Å². The Morgan fingerprint density at radius 1 is 1.18 bits per heavy atom. The molecule has 0 atom stereocenters. The van der Waals surface area contributed by atoms with E-state index in [2.05, 4.69) is 11.6 Å². The minimum absolute atomic E-state index is 0.153. The summed E-state index contributed by atoms with van der Waals surface area (Å²) in [6, 6.07) is 12.9. The second-order valence-electron chi connectivity index (χ2n) is 5.82. The van der Waals surface area contributed by atoms with Gasteiger partial charge in [0.15, 0.2) is 11.4 Å². The first-order valence-corrected chi connectivity index (χ1v) is 9.67. The number of hydrogen-bond donors (Lipinski definition) is 0. The number of carbonyl (C=O) groups excluding carboxylic acids is 1. The largest absolute Gasteiger partial charge is 0.497 e. The summed E-state index contributed by atoms with van der Waals surface area (Å²) in [5, 5.41) is 0. The van der Waals surface area contributed by atoms with Crippen molar-refractivity contribution >= 4 is 27.5 Å². The number of allylic oxidation sites excluding steroid dienone is 1. The van der Waals surface area contributed by atoms with Gasteiger partial charge in [-0.05, 0) is 37.3 Å². The first kappa shape index (κ1) is 19.7. The SMILES string of the molecule is C=CCn1c(=NC(=O)COc2cccc(OC)c2)sc2cc(OCC)ccc21. The molecule has 146 valence electrons. The minimum Gasteiger partial charge on any atom is -0.497 e. The second-order valence-corrected chi connectivity index (χ2v) is 6.83. The van der Waals surface area contributed by atoms with Gasteiger partial charge in [0.1, 0.15) is 17.2 Å². The lowest BCUT2D eigenvalue weighted by Gasteiger charge is -2.05. The fourth-order valence-electron chi connectivity index (χ4n) is 2.68. The molecular formula is C21H22N2O4S. The number of rotatable bonds is 8. The van der Waals surface area contributed by atoms with E-state index in [-0.39, 0.29) is 12.5 Å². The average molecular weight is 398 g/mol. The van der Waals surface area contributed by atoms with Crippen LogP contribution in [0.15, 0.2) is 60.1 Å². The average Bonchev–Trinajstić information content (AvgIpc) is 3.03. The number of nitrogens with zero attached hydrogens (tertiary/aromatic N) is 2. The summed E-state index contributed by atoms with van der Waals surface area (Å²) in [6.07, 6.45) is 1.78. The number of amides is 1. The molecule has 7 heteroatoms. The Balaban J connectivity index is 1.85. The highest BCUT2D eigenvalue weighted by atomic mass is 32.1. The summed E-state index contributed by atoms with van der Waals surface area (Å²) in [5.74, 6) is 1.65. The van der Waals surface area contributed by atoms with Crippen LogP contribution < -0.4 is 19.0 Å². The predicted octanol–water partition coefficient (Wildman–Crippen LogP) is 3.80. The molecule has 0 aliphatic heterocycles. The standard InChI is InChI=1S/C21H22N2O4S/c1-4-11-23-18-10-9-17(26-5-2)13-19(18)28-21(23)22-20(24)14-27-16-8-6-7-15(12-16)25-3/h4,6-10,12-13H,1,5,11,14H2,2-3H3. The van der Waals surface area contributed by atoms with Crippen LogP contribution in [0.4, 0.5) is 0 Å². The van der Waals surface area contributed by atoms with Gasteiger partial charge in [0.05, 0.1) is 23.9 Å². The van der Waals surface area contributed by atoms with Crippen molar-refractivity contribution in [1.82, 2.24) is 4.57 Å². The number of thiazole rings is 1. The summed E-state index contributed by atoms with van der Waals surface area (Å²) in [7, 11) is 1.58. The van der Waals surface area contributed by atoms with Gasteiger partial charge >= 0.3 is 0 Å². The lowest BCUT2D eigenvalue weighted by atomic mass is 10.3.